The van der Waals surface area contributed by atoms with Crippen molar-refractivity contribution in [1.82, 2.24) is 4.98 Å². The van der Waals surface area contributed by atoms with Crippen molar-refractivity contribution in [3.05, 3.63) is 40.0 Å². The van der Waals surface area contributed by atoms with Gasteiger partial charge >= 0.3 is 0 Å². The zero-order chi connectivity index (χ0) is 9.42. The lowest BCUT2D eigenvalue weighted by Gasteiger charge is -2.03. The van der Waals surface area contributed by atoms with Gasteiger partial charge in [-0.15, -0.1) is 0 Å². The van der Waals surface area contributed by atoms with Crippen LogP contribution in [0.1, 0.15) is 11.1 Å². The monoisotopic (exact) mass is 235 g/mol. The standard InChI is InChI=1S/C11H10BrN/c1-7-5-8(2)11-9(6-7)3-4-10(12)13-11/h3-6H,1-2H3. The van der Waals surface area contributed by atoms with E-state index in [4.69, 9.17) is 0 Å². The van der Waals surface area contributed by atoms with Gasteiger partial charge in [0.1, 0.15) is 4.60 Å². The van der Waals surface area contributed by atoms with E-state index in [0.717, 1.165) is 10.1 Å². The largest absolute Gasteiger partial charge is 0.241 e. The predicted octanol–water partition coefficient (Wildman–Crippen LogP) is 3.61. The number of hydrogen-bond donors (Lipinski definition) is 0. The fourth-order valence-corrected chi connectivity index (χ4v) is 1.88. The lowest BCUT2D eigenvalue weighted by atomic mass is 10.1. The Morgan fingerprint density at radius 1 is 1.15 bits per heavy atom. The highest BCUT2D eigenvalue weighted by atomic mass is 79.9. The fraction of sp³-hybridized carbons (Fsp3) is 0.182. The normalized spacial score (nSPS) is 10.7. The van der Waals surface area contributed by atoms with Crippen LogP contribution in [0.3, 0.4) is 0 Å². The van der Waals surface area contributed by atoms with Gasteiger partial charge in [-0.25, -0.2) is 4.98 Å². The highest BCUT2D eigenvalue weighted by molar-refractivity contribution is 9.10. The Kier molecular flexibility index (Phi) is 2.08. The Labute approximate surface area is 85.9 Å². The number of rotatable bonds is 0. The summed E-state index contributed by atoms with van der Waals surface area (Å²) in [6, 6.07) is 8.37. The van der Waals surface area contributed by atoms with Gasteiger partial charge in [0.25, 0.3) is 0 Å². The second-order valence-electron chi connectivity index (χ2n) is 3.29. The number of halogens is 1. The van der Waals surface area contributed by atoms with Gasteiger partial charge in [0.15, 0.2) is 0 Å². The van der Waals surface area contributed by atoms with Gasteiger partial charge < -0.3 is 0 Å². The van der Waals surface area contributed by atoms with Gasteiger partial charge in [-0.1, -0.05) is 17.7 Å². The number of benzene rings is 1. The molecule has 0 unspecified atom stereocenters. The number of hydrogen-bond acceptors (Lipinski definition) is 1. The second-order valence-corrected chi connectivity index (χ2v) is 4.10. The van der Waals surface area contributed by atoms with E-state index in [1.807, 2.05) is 6.07 Å². The average molecular weight is 236 g/mol. The van der Waals surface area contributed by atoms with Crippen molar-refractivity contribution < 1.29 is 0 Å². The minimum atomic E-state index is 0.895. The van der Waals surface area contributed by atoms with E-state index in [1.165, 1.54) is 16.5 Å². The lowest BCUT2D eigenvalue weighted by Crippen LogP contribution is -1.85. The molecule has 0 saturated carbocycles. The fourth-order valence-electron chi connectivity index (χ4n) is 1.58. The van der Waals surface area contributed by atoms with E-state index in [-0.39, 0.29) is 0 Å². The van der Waals surface area contributed by atoms with Crippen molar-refractivity contribution in [2.24, 2.45) is 0 Å². The van der Waals surface area contributed by atoms with Crippen molar-refractivity contribution in [3.63, 3.8) is 0 Å². The summed E-state index contributed by atoms with van der Waals surface area (Å²) >= 11 is 3.37. The van der Waals surface area contributed by atoms with Crippen LogP contribution in [0, 0.1) is 13.8 Å². The minimum Gasteiger partial charge on any atom is -0.241 e. The zero-order valence-electron chi connectivity index (χ0n) is 7.63. The summed E-state index contributed by atoms with van der Waals surface area (Å²) < 4.78 is 0.895. The Hall–Kier alpha value is -0.890. The first kappa shape index (κ1) is 8.70. The zero-order valence-corrected chi connectivity index (χ0v) is 9.22. The molecule has 0 spiro atoms. The molecule has 13 heavy (non-hydrogen) atoms. The predicted molar refractivity (Wildman–Crippen MR) is 58.9 cm³/mol. The number of fused-ring (bicyclic) bond motifs is 1. The smallest absolute Gasteiger partial charge is 0.106 e. The minimum absolute atomic E-state index is 0.895. The van der Waals surface area contributed by atoms with E-state index in [9.17, 15) is 0 Å². The van der Waals surface area contributed by atoms with Crippen LogP contribution in [0.4, 0.5) is 0 Å². The topological polar surface area (TPSA) is 12.9 Å². The molecule has 0 aliphatic carbocycles. The summed E-state index contributed by atoms with van der Waals surface area (Å²) in [5.41, 5.74) is 3.60. The maximum Gasteiger partial charge on any atom is 0.106 e. The van der Waals surface area contributed by atoms with Crippen LogP contribution in [0.25, 0.3) is 10.9 Å². The van der Waals surface area contributed by atoms with Gasteiger partial charge in [-0.2, -0.15) is 0 Å². The molecule has 2 aromatic rings. The van der Waals surface area contributed by atoms with Crippen molar-refractivity contribution in [1.29, 1.82) is 0 Å². The summed E-state index contributed by atoms with van der Waals surface area (Å²) in [5.74, 6) is 0. The van der Waals surface area contributed by atoms with Crippen LogP contribution in [0.2, 0.25) is 0 Å². The third-order valence-corrected chi connectivity index (χ3v) is 2.53. The molecule has 0 atom stereocenters. The van der Waals surface area contributed by atoms with E-state index in [0.29, 0.717) is 0 Å². The summed E-state index contributed by atoms with van der Waals surface area (Å²) in [4.78, 5) is 4.43. The third kappa shape index (κ3) is 1.59. The first-order chi connectivity index (χ1) is 6.16. The summed E-state index contributed by atoms with van der Waals surface area (Å²) in [7, 11) is 0. The Balaban J connectivity index is 2.87. The lowest BCUT2D eigenvalue weighted by molar-refractivity contribution is 1.31. The number of nitrogens with zero attached hydrogens (tertiary/aromatic N) is 1. The molecule has 0 radical (unpaired) electrons. The first-order valence-electron chi connectivity index (χ1n) is 4.20. The quantitative estimate of drug-likeness (QED) is 0.636. The molecular formula is C11H10BrN. The molecule has 2 heteroatoms. The van der Waals surface area contributed by atoms with Gasteiger partial charge in [0.2, 0.25) is 0 Å². The molecule has 0 fully saturated rings. The maximum absolute atomic E-state index is 4.43. The Bertz CT molecular complexity index is 463. The molecule has 0 aliphatic heterocycles. The summed E-state index contributed by atoms with van der Waals surface area (Å²) in [6.07, 6.45) is 0. The summed E-state index contributed by atoms with van der Waals surface area (Å²) in [6.45, 7) is 4.20. The average Bonchev–Trinajstić information content (AvgIpc) is 2.06. The van der Waals surface area contributed by atoms with Crippen LogP contribution >= 0.6 is 15.9 Å². The Morgan fingerprint density at radius 2 is 1.92 bits per heavy atom. The van der Waals surface area contributed by atoms with E-state index < -0.39 is 0 Å². The molecule has 1 heterocycles. The highest BCUT2D eigenvalue weighted by Crippen LogP contribution is 2.20. The van der Waals surface area contributed by atoms with Crippen molar-refractivity contribution >= 4 is 26.8 Å². The van der Waals surface area contributed by atoms with Gasteiger partial charge in [-0.3, -0.25) is 0 Å². The van der Waals surface area contributed by atoms with Crippen LogP contribution in [-0.2, 0) is 0 Å². The number of aromatic nitrogens is 1. The van der Waals surface area contributed by atoms with E-state index in [2.05, 4.69) is 53.0 Å². The van der Waals surface area contributed by atoms with E-state index in [1.54, 1.807) is 0 Å². The molecule has 0 saturated heterocycles. The van der Waals surface area contributed by atoms with Gasteiger partial charge in [-0.05, 0) is 47.5 Å². The van der Waals surface area contributed by atoms with Crippen molar-refractivity contribution in [2.45, 2.75) is 13.8 Å². The number of aryl methyl sites for hydroxylation is 2. The summed E-state index contributed by atoms with van der Waals surface area (Å²) in [5, 5.41) is 1.21. The van der Waals surface area contributed by atoms with Crippen molar-refractivity contribution in [3.8, 4) is 0 Å². The molecule has 1 nitrogen and oxygen atoms in total. The molecule has 1 aromatic carbocycles. The first-order valence-corrected chi connectivity index (χ1v) is 4.99. The van der Waals surface area contributed by atoms with Gasteiger partial charge in [0, 0.05) is 5.39 Å². The highest BCUT2D eigenvalue weighted by Gasteiger charge is 2.00. The third-order valence-electron chi connectivity index (χ3n) is 2.09. The Morgan fingerprint density at radius 3 is 2.69 bits per heavy atom. The van der Waals surface area contributed by atoms with Gasteiger partial charge in [0.05, 0.1) is 5.52 Å². The molecule has 2 rings (SSSR count). The maximum atomic E-state index is 4.43. The van der Waals surface area contributed by atoms with Crippen molar-refractivity contribution in [2.75, 3.05) is 0 Å². The van der Waals surface area contributed by atoms with Crippen LogP contribution in [0.15, 0.2) is 28.9 Å². The molecule has 0 bridgehead atoms. The molecule has 66 valence electrons. The molecule has 0 aliphatic rings. The number of pyridine rings is 1. The van der Waals surface area contributed by atoms with Crippen LogP contribution < -0.4 is 0 Å². The van der Waals surface area contributed by atoms with Crippen LogP contribution in [-0.4, -0.2) is 4.98 Å². The van der Waals surface area contributed by atoms with Crippen LogP contribution in [0.5, 0.6) is 0 Å². The second kappa shape index (κ2) is 3.11. The molecule has 0 amide bonds. The molecule has 0 N–H and O–H groups in total. The SMILES string of the molecule is Cc1cc(C)c2nc(Br)ccc2c1. The molecular weight excluding hydrogens is 226 g/mol. The van der Waals surface area contributed by atoms with E-state index >= 15 is 0 Å². The molecule has 1 aromatic heterocycles.